The molecule has 1 aromatic rings. The molecule has 0 aliphatic carbocycles. The average molecular weight is 219 g/mol. The van der Waals surface area contributed by atoms with Crippen molar-refractivity contribution in [2.24, 2.45) is 0 Å². The summed E-state index contributed by atoms with van der Waals surface area (Å²) in [5.74, 6) is -2.48. The Morgan fingerprint density at radius 2 is 2.07 bits per heavy atom. The zero-order valence-corrected chi connectivity index (χ0v) is 7.88. The molecular formula is C9H8ClFO3. The average Bonchev–Trinajstić information content (AvgIpc) is 2.01. The van der Waals surface area contributed by atoms with Crippen LogP contribution in [0.4, 0.5) is 4.39 Å². The van der Waals surface area contributed by atoms with Gasteiger partial charge in [0.15, 0.2) is 5.78 Å². The molecule has 2 N–H and O–H groups in total. The third kappa shape index (κ3) is 2.14. The van der Waals surface area contributed by atoms with Crippen LogP contribution in [0.3, 0.4) is 0 Å². The van der Waals surface area contributed by atoms with Gasteiger partial charge in [-0.3, -0.25) is 4.79 Å². The van der Waals surface area contributed by atoms with Crippen LogP contribution in [0.1, 0.15) is 16.8 Å². The molecular weight excluding hydrogens is 211 g/mol. The van der Waals surface area contributed by atoms with Crippen molar-refractivity contribution in [3.8, 4) is 11.5 Å². The fraction of sp³-hybridized carbons (Fsp3) is 0.222. The number of Topliss-reactive ketones (excluding diaryl/α,β-unsaturated/α-hetero) is 1. The molecule has 0 bridgehead atoms. The minimum absolute atomic E-state index is 0.0542. The largest absolute Gasteiger partial charge is 0.508 e. The molecule has 1 aromatic carbocycles. The number of carbonyl (C=O) groups excluding carboxylic acids is 1. The lowest BCUT2D eigenvalue weighted by atomic mass is 10.1. The van der Waals surface area contributed by atoms with Gasteiger partial charge in [0, 0.05) is 24.4 Å². The first-order valence-electron chi connectivity index (χ1n) is 3.87. The van der Waals surface area contributed by atoms with Crippen molar-refractivity contribution < 1.29 is 19.4 Å². The normalized spacial score (nSPS) is 10.1. The van der Waals surface area contributed by atoms with E-state index in [-0.39, 0.29) is 12.3 Å². The fourth-order valence-corrected chi connectivity index (χ4v) is 1.24. The third-order valence-electron chi connectivity index (χ3n) is 1.65. The minimum atomic E-state index is -0.947. The smallest absolute Gasteiger partial charge is 0.170 e. The highest BCUT2D eigenvalue weighted by molar-refractivity contribution is 6.19. The van der Waals surface area contributed by atoms with E-state index in [1.54, 1.807) is 0 Å². The van der Waals surface area contributed by atoms with Crippen molar-refractivity contribution in [2.75, 3.05) is 5.88 Å². The zero-order valence-electron chi connectivity index (χ0n) is 7.13. The quantitative estimate of drug-likeness (QED) is 0.603. The number of aromatic hydroxyl groups is 2. The highest BCUT2D eigenvalue weighted by Crippen LogP contribution is 2.27. The van der Waals surface area contributed by atoms with Crippen molar-refractivity contribution in [3.63, 3.8) is 0 Å². The lowest BCUT2D eigenvalue weighted by Crippen LogP contribution is -2.03. The summed E-state index contributed by atoms with van der Waals surface area (Å²) in [5, 5.41) is 18.1. The summed E-state index contributed by atoms with van der Waals surface area (Å²) in [7, 11) is 0. The number of hydrogen-bond acceptors (Lipinski definition) is 3. The monoisotopic (exact) mass is 218 g/mol. The second-order valence-corrected chi connectivity index (χ2v) is 3.06. The van der Waals surface area contributed by atoms with E-state index >= 15 is 0 Å². The van der Waals surface area contributed by atoms with Gasteiger partial charge < -0.3 is 10.2 Å². The molecule has 14 heavy (non-hydrogen) atoms. The van der Waals surface area contributed by atoms with Crippen LogP contribution in [-0.4, -0.2) is 21.9 Å². The highest BCUT2D eigenvalue weighted by Gasteiger charge is 2.17. The highest BCUT2D eigenvalue weighted by atomic mass is 35.5. The summed E-state index contributed by atoms with van der Waals surface area (Å²) in [6.45, 7) is 0. The molecule has 0 atom stereocenters. The lowest BCUT2D eigenvalue weighted by Gasteiger charge is -2.04. The molecule has 0 saturated carbocycles. The van der Waals surface area contributed by atoms with Crippen LogP contribution in [0.5, 0.6) is 11.5 Å². The van der Waals surface area contributed by atoms with Crippen LogP contribution in [-0.2, 0) is 0 Å². The first kappa shape index (κ1) is 10.8. The van der Waals surface area contributed by atoms with Crippen LogP contribution < -0.4 is 0 Å². The van der Waals surface area contributed by atoms with Gasteiger partial charge in [-0.15, -0.1) is 11.6 Å². The molecule has 0 amide bonds. The first-order chi connectivity index (χ1) is 6.56. The number of halogens is 2. The fourth-order valence-electron chi connectivity index (χ4n) is 1.07. The van der Waals surface area contributed by atoms with E-state index in [1.807, 2.05) is 0 Å². The van der Waals surface area contributed by atoms with Crippen LogP contribution >= 0.6 is 11.6 Å². The number of carbonyl (C=O) groups is 1. The summed E-state index contributed by atoms with van der Waals surface area (Å²) in [5.41, 5.74) is -0.427. The SMILES string of the molecule is O=C(CCCl)c1c(O)cc(O)cc1F. The molecule has 1 rings (SSSR count). The van der Waals surface area contributed by atoms with Crippen LogP contribution in [0.2, 0.25) is 0 Å². The molecule has 5 heteroatoms. The maximum Gasteiger partial charge on any atom is 0.170 e. The summed E-state index contributed by atoms with van der Waals surface area (Å²) in [6.07, 6.45) is -0.0587. The van der Waals surface area contributed by atoms with E-state index in [9.17, 15) is 14.3 Å². The molecule has 0 aliphatic heterocycles. The molecule has 0 saturated heterocycles. The van der Waals surface area contributed by atoms with Gasteiger partial charge >= 0.3 is 0 Å². The number of ketones is 1. The summed E-state index contributed by atoms with van der Waals surface area (Å²) < 4.78 is 13.1. The Balaban J connectivity index is 3.14. The maximum absolute atomic E-state index is 13.1. The second-order valence-electron chi connectivity index (χ2n) is 2.68. The van der Waals surface area contributed by atoms with E-state index in [0.29, 0.717) is 0 Å². The van der Waals surface area contributed by atoms with Crippen molar-refractivity contribution in [2.45, 2.75) is 6.42 Å². The van der Waals surface area contributed by atoms with Gasteiger partial charge in [-0.1, -0.05) is 0 Å². The standard InChI is InChI=1S/C9H8ClFO3/c10-2-1-7(13)9-6(11)3-5(12)4-8(9)14/h3-4,12,14H,1-2H2. The van der Waals surface area contributed by atoms with Gasteiger partial charge in [-0.2, -0.15) is 0 Å². The Kier molecular flexibility index (Phi) is 3.30. The number of alkyl halides is 1. The molecule has 0 heterocycles. The number of rotatable bonds is 3. The third-order valence-corrected chi connectivity index (χ3v) is 1.84. The van der Waals surface area contributed by atoms with Crippen LogP contribution in [0, 0.1) is 5.82 Å². The van der Waals surface area contributed by atoms with Gasteiger partial charge in [0.1, 0.15) is 17.3 Å². The van der Waals surface area contributed by atoms with Gasteiger partial charge in [0.25, 0.3) is 0 Å². The van der Waals surface area contributed by atoms with Gasteiger partial charge in [-0.05, 0) is 0 Å². The van der Waals surface area contributed by atoms with E-state index < -0.39 is 28.7 Å². The van der Waals surface area contributed by atoms with Crippen molar-refractivity contribution in [3.05, 3.63) is 23.5 Å². The predicted molar refractivity (Wildman–Crippen MR) is 49.4 cm³/mol. The molecule has 0 spiro atoms. The van der Waals surface area contributed by atoms with Crippen LogP contribution in [0.25, 0.3) is 0 Å². The first-order valence-corrected chi connectivity index (χ1v) is 4.40. The van der Waals surface area contributed by atoms with E-state index in [1.165, 1.54) is 0 Å². The van der Waals surface area contributed by atoms with Gasteiger partial charge in [0.2, 0.25) is 0 Å². The van der Waals surface area contributed by atoms with Crippen molar-refractivity contribution >= 4 is 17.4 Å². The molecule has 76 valence electrons. The Labute approximate surface area is 84.7 Å². The molecule has 0 aliphatic rings. The van der Waals surface area contributed by atoms with Crippen LogP contribution in [0.15, 0.2) is 12.1 Å². The Morgan fingerprint density at radius 3 is 2.57 bits per heavy atom. The molecule has 0 radical (unpaired) electrons. The summed E-state index contributed by atoms with van der Waals surface area (Å²) in [6, 6.07) is 1.67. The number of hydrogen-bond donors (Lipinski definition) is 2. The Bertz CT molecular complexity index is 342. The van der Waals surface area contributed by atoms with Gasteiger partial charge in [0.05, 0.1) is 5.56 Å². The summed E-state index contributed by atoms with van der Waals surface area (Å²) >= 11 is 5.31. The minimum Gasteiger partial charge on any atom is -0.508 e. The van der Waals surface area contributed by atoms with E-state index in [2.05, 4.69) is 0 Å². The summed E-state index contributed by atoms with van der Waals surface area (Å²) in [4.78, 5) is 11.2. The Morgan fingerprint density at radius 1 is 1.43 bits per heavy atom. The van der Waals surface area contributed by atoms with Crippen molar-refractivity contribution in [1.29, 1.82) is 0 Å². The second kappa shape index (κ2) is 4.28. The lowest BCUT2D eigenvalue weighted by molar-refractivity contribution is 0.0982. The number of benzene rings is 1. The molecule has 3 nitrogen and oxygen atoms in total. The van der Waals surface area contributed by atoms with E-state index in [4.69, 9.17) is 16.7 Å². The number of phenols is 2. The molecule has 0 unspecified atom stereocenters. The molecule has 0 aromatic heterocycles. The molecule has 0 fully saturated rings. The predicted octanol–water partition coefficient (Wildman–Crippen LogP) is 2.05. The van der Waals surface area contributed by atoms with Gasteiger partial charge in [-0.25, -0.2) is 4.39 Å². The maximum atomic E-state index is 13.1. The van der Waals surface area contributed by atoms with Crippen molar-refractivity contribution in [1.82, 2.24) is 0 Å². The topological polar surface area (TPSA) is 57.5 Å². The Hall–Kier alpha value is -1.29. The number of phenolic OH excluding ortho intramolecular Hbond substituents is 2. The van der Waals surface area contributed by atoms with E-state index in [0.717, 1.165) is 12.1 Å². The zero-order chi connectivity index (χ0) is 10.7.